The fraction of sp³-hybridized carbons (Fsp3) is 0.500. The zero-order valence-corrected chi connectivity index (χ0v) is 15.2. The Bertz CT molecular complexity index is 727. The number of morpholine rings is 1. The van der Waals surface area contributed by atoms with Gasteiger partial charge in [0.1, 0.15) is 0 Å². The van der Waals surface area contributed by atoms with Gasteiger partial charge >= 0.3 is 0 Å². The number of anilines is 1. The molecule has 138 valence electrons. The van der Waals surface area contributed by atoms with E-state index in [1.807, 2.05) is 0 Å². The molecule has 1 N–H and O–H groups in total. The van der Waals surface area contributed by atoms with Crippen molar-refractivity contribution in [2.24, 2.45) is 0 Å². The molecule has 0 atom stereocenters. The molecule has 2 amide bonds. The molecule has 2 rings (SSSR count). The van der Waals surface area contributed by atoms with Crippen molar-refractivity contribution in [1.82, 2.24) is 9.21 Å². The maximum absolute atomic E-state index is 12.1. The largest absolute Gasteiger partial charge is 0.378 e. The Balaban J connectivity index is 1.91. The van der Waals surface area contributed by atoms with Crippen molar-refractivity contribution >= 4 is 27.5 Å². The lowest BCUT2D eigenvalue weighted by Gasteiger charge is -2.26. The van der Waals surface area contributed by atoms with Crippen LogP contribution in [0.1, 0.15) is 12.8 Å². The first-order valence-electron chi connectivity index (χ1n) is 7.98. The van der Waals surface area contributed by atoms with Crippen LogP contribution in [0.15, 0.2) is 29.2 Å². The summed E-state index contributed by atoms with van der Waals surface area (Å²) in [5.74, 6) is -0.414. The van der Waals surface area contributed by atoms with Gasteiger partial charge in [-0.3, -0.25) is 9.59 Å². The van der Waals surface area contributed by atoms with Crippen LogP contribution >= 0.6 is 0 Å². The number of amides is 2. The molecule has 1 fully saturated rings. The SMILES string of the molecule is CN(C)S(=O)(=O)c1cccc(NC(=O)CCC(=O)N2CCOCC2)c1. The van der Waals surface area contributed by atoms with Crippen LogP contribution in [0.4, 0.5) is 5.69 Å². The van der Waals surface area contributed by atoms with E-state index < -0.39 is 10.0 Å². The monoisotopic (exact) mass is 369 g/mol. The van der Waals surface area contributed by atoms with Gasteiger partial charge in [-0.05, 0) is 18.2 Å². The zero-order chi connectivity index (χ0) is 18.4. The molecule has 9 heteroatoms. The molecule has 1 saturated heterocycles. The highest BCUT2D eigenvalue weighted by Gasteiger charge is 2.19. The molecule has 0 radical (unpaired) electrons. The van der Waals surface area contributed by atoms with Crippen LogP contribution in [-0.2, 0) is 24.3 Å². The minimum atomic E-state index is -3.57. The summed E-state index contributed by atoms with van der Waals surface area (Å²) >= 11 is 0. The first-order chi connectivity index (χ1) is 11.8. The molecule has 0 aromatic heterocycles. The fourth-order valence-corrected chi connectivity index (χ4v) is 3.31. The van der Waals surface area contributed by atoms with Crippen LogP contribution < -0.4 is 5.32 Å². The van der Waals surface area contributed by atoms with Crippen molar-refractivity contribution in [3.63, 3.8) is 0 Å². The highest BCUT2D eigenvalue weighted by molar-refractivity contribution is 7.89. The van der Waals surface area contributed by atoms with Gasteiger partial charge in [-0.15, -0.1) is 0 Å². The Labute approximate surface area is 147 Å². The third kappa shape index (κ3) is 5.25. The summed E-state index contributed by atoms with van der Waals surface area (Å²) in [6, 6.07) is 6.03. The Morgan fingerprint density at radius 1 is 1.20 bits per heavy atom. The number of sulfonamides is 1. The zero-order valence-electron chi connectivity index (χ0n) is 14.4. The van der Waals surface area contributed by atoms with Gasteiger partial charge in [0.15, 0.2) is 0 Å². The van der Waals surface area contributed by atoms with Gasteiger partial charge in [-0.25, -0.2) is 12.7 Å². The average Bonchev–Trinajstić information content (AvgIpc) is 2.60. The van der Waals surface area contributed by atoms with E-state index >= 15 is 0 Å². The van der Waals surface area contributed by atoms with Gasteiger partial charge in [-0.1, -0.05) is 6.07 Å². The first kappa shape index (κ1) is 19.4. The molecule has 8 nitrogen and oxygen atoms in total. The number of nitrogens with zero attached hydrogens (tertiary/aromatic N) is 2. The molecular weight excluding hydrogens is 346 g/mol. The summed E-state index contributed by atoms with van der Waals surface area (Å²) in [7, 11) is -0.681. The molecule has 0 bridgehead atoms. The van der Waals surface area contributed by atoms with Crippen molar-refractivity contribution in [1.29, 1.82) is 0 Å². The van der Waals surface area contributed by atoms with E-state index in [4.69, 9.17) is 4.74 Å². The standard InChI is InChI=1S/C16H23N3O5S/c1-18(2)25(22,23)14-5-3-4-13(12-14)17-15(20)6-7-16(21)19-8-10-24-11-9-19/h3-5,12H,6-11H2,1-2H3,(H,17,20). The third-order valence-corrected chi connectivity index (χ3v) is 5.64. The number of hydrogen-bond acceptors (Lipinski definition) is 5. The summed E-state index contributed by atoms with van der Waals surface area (Å²) < 4.78 is 30.5. The topological polar surface area (TPSA) is 96.0 Å². The predicted molar refractivity (Wildman–Crippen MR) is 92.6 cm³/mol. The molecule has 0 saturated carbocycles. The van der Waals surface area contributed by atoms with Crippen LogP contribution in [0, 0.1) is 0 Å². The molecule has 25 heavy (non-hydrogen) atoms. The van der Waals surface area contributed by atoms with Gasteiger partial charge < -0.3 is 15.0 Å². The normalized spacial score (nSPS) is 15.2. The molecule has 0 aliphatic carbocycles. The van der Waals surface area contributed by atoms with Crippen LogP contribution in [0.3, 0.4) is 0 Å². The van der Waals surface area contributed by atoms with Gasteiger partial charge in [0.2, 0.25) is 21.8 Å². The molecule has 1 aromatic rings. The summed E-state index contributed by atoms with van der Waals surface area (Å²) in [6.45, 7) is 2.13. The Morgan fingerprint density at radius 2 is 1.88 bits per heavy atom. The van der Waals surface area contributed by atoms with Crippen LogP contribution in [0.5, 0.6) is 0 Å². The van der Waals surface area contributed by atoms with Gasteiger partial charge in [0, 0.05) is 45.7 Å². The van der Waals surface area contributed by atoms with E-state index in [0.717, 1.165) is 4.31 Å². The van der Waals surface area contributed by atoms with Crippen LogP contribution in [-0.4, -0.2) is 69.8 Å². The molecule has 0 spiro atoms. The highest BCUT2D eigenvalue weighted by atomic mass is 32.2. The number of ether oxygens (including phenoxy) is 1. The lowest BCUT2D eigenvalue weighted by Crippen LogP contribution is -2.40. The van der Waals surface area contributed by atoms with E-state index in [1.165, 1.54) is 26.2 Å². The van der Waals surface area contributed by atoms with E-state index in [-0.39, 0.29) is 29.6 Å². The lowest BCUT2D eigenvalue weighted by molar-refractivity contribution is -0.136. The maximum atomic E-state index is 12.1. The molecule has 1 aliphatic heterocycles. The van der Waals surface area contributed by atoms with E-state index in [9.17, 15) is 18.0 Å². The van der Waals surface area contributed by atoms with Gasteiger partial charge in [0.05, 0.1) is 18.1 Å². The minimum absolute atomic E-state index is 0.0425. The quantitative estimate of drug-likeness (QED) is 0.788. The second-order valence-electron chi connectivity index (χ2n) is 5.86. The van der Waals surface area contributed by atoms with Crippen molar-refractivity contribution in [2.75, 3.05) is 45.7 Å². The Morgan fingerprint density at radius 3 is 2.52 bits per heavy atom. The minimum Gasteiger partial charge on any atom is -0.378 e. The van der Waals surface area contributed by atoms with Gasteiger partial charge in [-0.2, -0.15) is 0 Å². The number of benzene rings is 1. The molecule has 1 aromatic carbocycles. The lowest BCUT2D eigenvalue weighted by atomic mass is 10.2. The van der Waals surface area contributed by atoms with Crippen LogP contribution in [0.2, 0.25) is 0 Å². The number of carbonyl (C=O) groups is 2. The van der Waals surface area contributed by atoms with E-state index in [0.29, 0.717) is 32.0 Å². The number of rotatable bonds is 6. The predicted octanol–water partition coefficient (Wildman–Crippen LogP) is 0.514. The average molecular weight is 369 g/mol. The van der Waals surface area contributed by atoms with Crippen LogP contribution in [0.25, 0.3) is 0 Å². The number of nitrogens with one attached hydrogen (secondary N) is 1. The molecular formula is C16H23N3O5S. The van der Waals surface area contributed by atoms with E-state index in [1.54, 1.807) is 17.0 Å². The first-order valence-corrected chi connectivity index (χ1v) is 9.42. The highest BCUT2D eigenvalue weighted by Crippen LogP contribution is 2.18. The van der Waals surface area contributed by atoms with Crippen molar-refractivity contribution in [3.05, 3.63) is 24.3 Å². The maximum Gasteiger partial charge on any atom is 0.242 e. The molecule has 1 aliphatic rings. The summed E-state index contributed by atoms with van der Waals surface area (Å²) in [5, 5.41) is 2.63. The smallest absolute Gasteiger partial charge is 0.242 e. The Hall–Kier alpha value is -1.97. The summed E-state index contributed by atoms with van der Waals surface area (Å²) in [4.78, 5) is 25.8. The Kier molecular flexibility index (Phi) is 6.51. The van der Waals surface area contributed by atoms with Crippen molar-refractivity contribution in [3.8, 4) is 0 Å². The summed E-state index contributed by atoms with van der Waals surface area (Å²) in [5.41, 5.74) is 0.381. The number of carbonyl (C=O) groups excluding carboxylic acids is 2. The van der Waals surface area contributed by atoms with Crippen molar-refractivity contribution < 1.29 is 22.7 Å². The fourth-order valence-electron chi connectivity index (χ4n) is 2.36. The summed E-state index contributed by atoms with van der Waals surface area (Å²) in [6.07, 6.45) is 0.155. The second-order valence-corrected chi connectivity index (χ2v) is 8.01. The molecule has 1 heterocycles. The van der Waals surface area contributed by atoms with Crippen molar-refractivity contribution in [2.45, 2.75) is 17.7 Å². The number of hydrogen-bond donors (Lipinski definition) is 1. The third-order valence-electron chi connectivity index (χ3n) is 3.83. The second kappa shape index (κ2) is 8.41. The molecule has 0 unspecified atom stereocenters. The van der Waals surface area contributed by atoms with Gasteiger partial charge in [0.25, 0.3) is 0 Å². The van der Waals surface area contributed by atoms with E-state index in [2.05, 4.69) is 5.32 Å².